The second kappa shape index (κ2) is 9.92. The summed E-state index contributed by atoms with van der Waals surface area (Å²) < 4.78 is 5.64. The first-order chi connectivity index (χ1) is 13.7. The number of hydrogen-bond donors (Lipinski definition) is 1. The van der Waals surface area contributed by atoms with E-state index in [0.717, 1.165) is 0 Å². The number of rotatable bonds is 7. The normalized spacial score (nSPS) is 11.1. The number of carbonyl (C=O) groups is 1. The van der Waals surface area contributed by atoms with E-state index >= 15 is 0 Å². The molecule has 1 amide bonds. The Bertz CT molecular complexity index is 973. The van der Waals surface area contributed by atoms with Crippen LogP contribution in [0.3, 0.4) is 0 Å². The first-order valence-electron chi connectivity index (χ1n) is 8.49. The zero-order chi connectivity index (χ0) is 21.6. The van der Waals surface area contributed by atoms with Crippen molar-refractivity contribution in [2.45, 2.75) is 26.5 Å². The molecule has 0 radical (unpaired) electrons. The highest BCUT2D eigenvalue weighted by atomic mass is 35.5. The first kappa shape index (κ1) is 22.2. The molecule has 0 aliphatic heterocycles. The van der Waals surface area contributed by atoms with Crippen molar-refractivity contribution in [1.82, 2.24) is 5.32 Å². The Morgan fingerprint density at radius 3 is 2.34 bits per heavy atom. The summed E-state index contributed by atoms with van der Waals surface area (Å²) in [4.78, 5) is 22.2. The van der Waals surface area contributed by atoms with Crippen LogP contribution < -0.4 is 10.1 Å². The van der Waals surface area contributed by atoms with Crippen molar-refractivity contribution < 1.29 is 14.5 Å². The average molecular weight is 434 g/mol. The lowest BCUT2D eigenvalue weighted by Gasteiger charge is -2.11. The van der Waals surface area contributed by atoms with Gasteiger partial charge in [0.1, 0.15) is 18.2 Å². The van der Waals surface area contributed by atoms with E-state index in [4.69, 9.17) is 27.9 Å². The van der Waals surface area contributed by atoms with E-state index in [-0.39, 0.29) is 39.7 Å². The van der Waals surface area contributed by atoms with Gasteiger partial charge in [-0.25, -0.2) is 0 Å². The maximum absolute atomic E-state index is 12.0. The molecule has 0 unspecified atom stereocenters. The molecule has 0 spiro atoms. The van der Waals surface area contributed by atoms with Crippen molar-refractivity contribution in [3.63, 3.8) is 0 Å². The monoisotopic (exact) mass is 433 g/mol. The fourth-order valence-electron chi connectivity index (χ4n) is 2.33. The van der Waals surface area contributed by atoms with Crippen molar-refractivity contribution in [2.24, 2.45) is 0 Å². The minimum Gasteiger partial charge on any atom is -0.486 e. The lowest BCUT2D eigenvalue weighted by Crippen LogP contribution is -2.30. The molecule has 0 heterocycles. The van der Waals surface area contributed by atoms with Gasteiger partial charge in [0.05, 0.1) is 15.0 Å². The maximum Gasteiger partial charge on any atom is 0.269 e. The Morgan fingerprint density at radius 2 is 1.86 bits per heavy atom. The number of halogens is 2. The highest BCUT2D eigenvalue weighted by molar-refractivity contribution is 6.37. The Balaban J connectivity index is 2.18. The molecule has 0 saturated carbocycles. The summed E-state index contributed by atoms with van der Waals surface area (Å²) in [6.07, 6.45) is 1.38. The molecule has 0 aliphatic rings. The molecular weight excluding hydrogens is 417 g/mol. The third-order valence-corrected chi connectivity index (χ3v) is 4.21. The summed E-state index contributed by atoms with van der Waals surface area (Å²) in [6.45, 7) is 3.68. The molecule has 0 atom stereocenters. The second-order valence-electron chi connectivity index (χ2n) is 6.32. The summed E-state index contributed by atoms with van der Waals surface area (Å²) >= 11 is 12.5. The molecule has 0 aromatic heterocycles. The van der Waals surface area contributed by atoms with Crippen molar-refractivity contribution in [1.29, 1.82) is 5.26 Å². The van der Waals surface area contributed by atoms with Crippen LogP contribution >= 0.6 is 23.2 Å². The lowest BCUT2D eigenvalue weighted by atomic mass is 10.1. The van der Waals surface area contributed by atoms with Gasteiger partial charge in [0.2, 0.25) is 0 Å². The van der Waals surface area contributed by atoms with Crippen molar-refractivity contribution in [3.8, 4) is 11.8 Å². The van der Waals surface area contributed by atoms with E-state index in [1.807, 2.05) is 6.07 Å². The Kier molecular flexibility index (Phi) is 7.59. The molecule has 1 N–H and O–H groups in total. The van der Waals surface area contributed by atoms with Crippen LogP contribution in [-0.2, 0) is 11.4 Å². The summed E-state index contributed by atoms with van der Waals surface area (Å²) in [6, 6.07) is 10.7. The number of carbonyl (C=O) groups excluding carboxylic acids is 1. The Morgan fingerprint density at radius 1 is 1.28 bits per heavy atom. The van der Waals surface area contributed by atoms with Crippen molar-refractivity contribution >= 4 is 40.9 Å². The summed E-state index contributed by atoms with van der Waals surface area (Å²) in [7, 11) is 0. The number of non-ortho nitro benzene ring substituents is 1. The Hall–Kier alpha value is -3.08. The van der Waals surface area contributed by atoms with Gasteiger partial charge in [-0.2, -0.15) is 5.26 Å². The highest BCUT2D eigenvalue weighted by Gasteiger charge is 2.14. The molecule has 0 saturated heterocycles. The fraction of sp³-hybridized carbons (Fsp3) is 0.200. The minimum atomic E-state index is -0.492. The van der Waals surface area contributed by atoms with Crippen LogP contribution in [0.25, 0.3) is 6.08 Å². The molecule has 150 valence electrons. The number of benzene rings is 2. The number of nitro benzene ring substituents is 1. The number of amides is 1. The molecule has 9 heteroatoms. The zero-order valence-electron chi connectivity index (χ0n) is 15.6. The van der Waals surface area contributed by atoms with Crippen LogP contribution in [-0.4, -0.2) is 16.9 Å². The maximum atomic E-state index is 12.0. The van der Waals surface area contributed by atoms with E-state index in [1.165, 1.54) is 30.3 Å². The van der Waals surface area contributed by atoms with Gasteiger partial charge in [-0.1, -0.05) is 23.2 Å². The number of ether oxygens (including phenoxy) is 1. The molecule has 0 fully saturated rings. The third-order valence-electron chi connectivity index (χ3n) is 3.65. The van der Waals surface area contributed by atoms with Gasteiger partial charge in [0.15, 0.2) is 5.75 Å². The first-order valence-corrected chi connectivity index (χ1v) is 9.24. The zero-order valence-corrected chi connectivity index (χ0v) is 17.1. The van der Waals surface area contributed by atoms with E-state index in [1.54, 1.807) is 26.0 Å². The second-order valence-corrected chi connectivity index (χ2v) is 7.14. The van der Waals surface area contributed by atoms with Gasteiger partial charge in [-0.05, 0) is 55.3 Å². The summed E-state index contributed by atoms with van der Waals surface area (Å²) in [5.74, 6) is -0.262. The highest BCUT2D eigenvalue weighted by Crippen LogP contribution is 2.35. The third kappa shape index (κ3) is 6.21. The largest absolute Gasteiger partial charge is 0.486 e. The van der Waals surface area contributed by atoms with Gasteiger partial charge in [-0.15, -0.1) is 0 Å². The molecule has 2 aromatic carbocycles. The fourth-order valence-corrected chi connectivity index (χ4v) is 2.94. The van der Waals surface area contributed by atoms with Gasteiger partial charge < -0.3 is 10.1 Å². The van der Waals surface area contributed by atoms with E-state index in [2.05, 4.69) is 5.32 Å². The number of nitro groups is 1. The van der Waals surface area contributed by atoms with Crippen LogP contribution in [0.4, 0.5) is 5.69 Å². The minimum absolute atomic E-state index is 0.0178. The number of nitrogens with one attached hydrogen (secondary N) is 1. The number of hydrogen-bond acceptors (Lipinski definition) is 5. The van der Waals surface area contributed by atoms with E-state index in [0.29, 0.717) is 11.1 Å². The molecule has 7 nitrogen and oxygen atoms in total. The van der Waals surface area contributed by atoms with Crippen LogP contribution in [0.2, 0.25) is 10.0 Å². The van der Waals surface area contributed by atoms with Gasteiger partial charge in [0.25, 0.3) is 11.6 Å². The quantitative estimate of drug-likeness (QED) is 0.289. The lowest BCUT2D eigenvalue weighted by molar-refractivity contribution is -0.384. The van der Waals surface area contributed by atoms with Gasteiger partial charge in [-0.3, -0.25) is 14.9 Å². The predicted octanol–water partition coefficient (Wildman–Crippen LogP) is 4.91. The standard InChI is InChI=1S/C20H17Cl2N3O4/c1-12(2)24-20(26)15(10-23)7-14-8-17(21)19(18(22)9-14)29-11-13-3-5-16(6-4-13)25(27)28/h3-9,12H,11H2,1-2H3,(H,24,26)/b15-7-. The average Bonchev–Trinajstić information content (AvgIpc) is 2.65. The van der Waals surface area contributed by atoms with Crippen molar-refractivity contribution in [2.75, 3.05) is 0 Å². The van der Waals surface area contributed by atoms with Crippen LogP contribution in [0.5, 0.6) is 5.75 Å². The summed E-state index contributed by atoms with van der Waals surface area (Å²) in [5.41, 5.74) is 1.07. The Labute approximate surface area is 177 Å². The smallest absolute Gasteiger partial charge is 0.269 e. The predicted molar refractivity (Wildman–Crippen MR) is 111 cm³/mol. The summed E-state index contributed by atoms with van der Waals surface area (Å²) in [5, 5.41) is 23.0. The van der Waals surface area contributed by atoms with E-state index in [9.17, 15) is 20.2 Å². The van der Waals surface area contributed by atoms with Crippen molar-refractivity contribution in [3.05, 3.63) is 73.3 Å². The molecule has 0 aliphatic carbocycles. The molecule has 2 aromatic rings. The molecule has 29 heavy (non-hydrogen) atoms. The topological polar surface area (TPSA) is 105 Å². The van der Waals surface area contributed by atoms with Gasteiger partial charge in [0, 0.05) is 18.2 Å². The van der Waals surface area contributed by atoms with E-state index < -0.39 is 10.8 Å². The molecular formula is C20H17Cl2N3O4. The van der Waals surface area contributed by atoms with Crippen LogP contribution in [0.15, 0.2) is 42.0 Å². The number of nitriles is 1. The van der Waals surface area contributed by atoms with Gasteiger partial charge >= 0.3 is 0 Å². The molecule has 0 bridgehead atoms. The molecule has 2 rings (SSSR count). The van der Waals surface area contributed by atoms with Crippen LogP contribution in [0.1, 0.15) is 25.0 Å². The SMILES string of the molecule is CC(C)NC(=O)/C(C#N)=C\c1cc(Cl)c(OCc2ccc([N+](=O)[O-])cc2)c(Cl)c1. The number of nitrogens with zero attached hydrogens (tertiary/aromatic N) is 2. The van der Waals surface area contributed by atoms with Crippen LogP contribution in [0, 0.1) is 21.4 Å².